The van der Waals surface area contributed by atoms with Crippen molar-refractivity contribution in [2.75, 3.05) is 5.32 Å². The summed E-state index contributed by atoms with van der Waals surface area (Å²) in [6, 6.07) is 15.1. The van der Waals surface area contributed by atoms with Crippen LogP contribution in [0, 0.1) is 6.92 Å². The van der Waals surface area contributed by atoms with Crippen molar-refractivity contribution >= 4 is 46.0 Å². The number of hydrogen-bond acceptors (Lipinski definition) is 4. The number of nitrogens with one attached hydrogen (secondary N) is 2. The van der Waals surface area contributed by atoms with E-state index < -0.39 is 5.25 Å². The lowest BCUT2D eigenvalue weighted by atomic mass is 10.1. The number of thioether (sulfide) groups is 1. The maximum absolute atomic E-state index is 12.3. The van der Waals surface area contributed by atoms with Gasteiger partial charge in [-0.3, -0.25) is 14.6 Å². The number of anilines is 1. The number of carbonyl (C=O) groups excluding carboxylic acids is 2. The second kappa shape index (κ2) is 8.59. The van der Waals surface area contributed by atoms with Crippen LogP contribution in [0.1, 0.15) is 30.5 Å². The molecule has 0 saturated carbocycles. The Morgan fingerprint density at radius 2 is 2.04 bits per heavy atom. The number of amides is 2. The number of carbonyl (C=O) groups is 2. The molecule has 0 radical (unpaired) electrons. The average molecular weight is 402 g/mol. The molecule has 0 aliphatic carbocycles. The summed E-state index contributed by atoms with van der Waals surface area (Å²) >= 11 is 7.36. The minimum atomic E-state index is -0.493. The van der Waals surface area contributed by atoms with Crippen molar-refractivity contribution in [2.45, 2.75) is 31.6 Å². The molecule has 2 N–H and O–H groups in total. The van der Waals surface area contributed by atoms with Crippen molar-refractivity contribution < 1.29 is 9.59 Å². The third kappa shape index (κ3) is 5.11. The van der Waals surface area contributed by atoms with Crippen molar-refractivity contribution in [1.82, 2.24) is 5.32 Å². The van der Waals surface area contributed by atoms with E-state index >= 15 is 0 Å². The lowest BCUT2D eigenvalue weighted by molar-refractivity contribution is -0.122. The summed E-state index contributed by atoms with van der Waals surface area (Å²) < 4.78 is 0. The first-order valence-electron chi connectivity index (χ1n) is 8.58. The van der Waals surface area contributed by atoms with E-state index in [0.717, 1.165) is 11.1 Å². The summed E-state index contributed by atoms with van der Waals surface area (Å²) in [5.74, 6) is -0.434. The Kier molecular flexibility index (Phi) is 6.19. The smallest absolute Gasteiger partial charge is 0.240 e. The molecule has 2 atom stereocenters. The molecule has 1 aliphatic rings. The number of rotatable bonds is 5. The maximum Gasteiger partial charge on any atom is 0.240 e. The number of aliphatic imine (C=N–C) groups is 1. The van der Waals surface area contributed by atoms with E-state index in [-0.39, 0.29) is 24.3 Å². The molecular formula is C20H20ClN3O2S. The first-order valence-corrected chi connectivity index (χ1v) is 9.84. The summed E-state index contributed by atoms with van der Waals surface area (Å²) in [7, 11) is 0. The zero-order chi connectivity index (χ0) is 19.4. The second-order valence-corrected chi connectivity index (χ2v) is 7.93. The lowest BCUT2D eigenvalue weighted by Crippen LogP contribution is -2.28. The fraction of sp³-hybridized carbons (Fsp3) is 0.250. The van der Waals surface area contributed by atoms with Crippen LogP contribution in [0.2, 0.25) is 5.02 Å². The van der Waals surface area contributed by atoms with Crippen molar-refractivity contribution in [3.8, 4) is 0 Å². The molecule has 1 fully saturated rings. The van der Waals surface area contributed by atoms with Crippen molar-refractivity contribution in [2.24, 2.45) is 4.99 Å². The van der Waals surface area contributed by atoms with Crippen molar-refractivity contribution in [3.05, 3.63) is 64.7 Å². The predicted octanol–water partition coefficient (Wildman–Crippen LogP) is 4.33. The number of amidine groups is 1. The van der Waals surface area contributed by atoms with Gasteiger partial charge in [0.05, 0.1) is 6.04 Å². The molecule has 0 aromatic heterocycles. The Morgan fingerprint density at radius 1 is 1.30 bits per heavy atom. The molecule has 3 rings (SSSR count). The summed E-state index contributed by atoms with van der Waals surface area (Å²) in [6.07, 6.45) is 0.0702. The van der Waals surface area contributed by atoms with Gasteiger partial charge in [-0.1, -0.05) is 59.8 Å². The first-order chi connectivity index (χ1) is 12.9. The third-order valence-electron chi connectivity index (χ3n) is 4.20. The highest BCUT2D eigenvalue weighted by Crippen LogP contribution is 2.26. The molecule has 1 saturated heterocycles. The van der Waals surface area contributed by atoms with Gasteiger partial charge in [0, 0.05) is 17.1 Å². The lowest BCUT2D eigenvalue weighted by Gasteiger charge is -2.09. The van der Waals surface area contributed by atoms with Gasteiger partial charge in [0.1, 0.15) is 5.25 Å². The molecule has 0 bridgehead atoms. The summed E-state index contributed by atoms with van der Waals surface area (Å²) in [5, 5.41) is 6.19. The minimum Gasteiger partial charge on any atom is -0.326 e. The summed E-state index contributed by atoms with van der Waals surface area (Å²) in [4.78, 5) is 29.0. The molecule has 0 unspecified atom stereocenters. The van der Waals surface area contributed by atoms with Crippen LogP contribution in [0.3, 0.4) is 0 Å². The number of nitrogens with zero attached hydrogens (tertiary/aromatic N) is 1. The van der Waals surface area contributed by atoms with Crippen LogP contribution in [-0.4, -0.2) is 22.2 Å². The van der Waals surface area contributed by atoms with E-state index in [1.807, 2.05) is 50.2 Å². The summed E-state index contributed by atoms with van der Waals surface area (Å²) in [5.41, 5.74) is 2.62. The van der Waals surface area contributed by atoms with Crippen LogP contribution in [-0.2, 0) is 9.59 Å². The molecule has 140 valence electrons. The van der Waals surface area contributed by atoms with Gasteiger partial charge in [-0.25, -0.2) is 0 Å². The predicted molar refractivity (Wildman–Crippen MR) is 111 cm³/mol. The highest BCUT2D eigenvalue weighted by Gasteiger charge is 2.32. The monoisotopic (exact) mass is 401 g/mol. The maximum atomic E-state index is 12.3. The Bertz CT molecular complexity index is 886. The molecule has 0 spiro atoms. The van der Waals surface area contributed by atoms with E-state index in [1.54, 1.807) is 12.1 Å². The van der Waals surface area contributed by atoms with Gasteiger partial charge in [0.15, 0.2) is 5.17 Å². The molecule has 1 heterocycles. The van der Waals surface area contributed by atoms with Gasteiger partial charge in [0.2, 0.25) is 11.8 Å². The fourth-order valence-electron chi connectivity index (χ4n) is 2.63. The highest BCUT2D eigenvalue weighted by molar-refractivity contribution is 8.15. The normalized spacial score (nSPS) is 19.0. The van der Waals surface area contributed by atoms with Gasteiger partial charge in [-0.15, -0.1) is 0 Å². The topological polar surface area (TPSA) is 70.6 Å². The van der Waals surface area contributed by atoms with Crippen LogP contribution < -0.4 is 10.6 Å². The number of benzene rings is 2. The zero-order valence-electron chi connectivity index (χ0n) is 15.0. The van der Waals surface area contributed by atoms with Crippen LogP contribution in [0.15, 0.2) is 53.5 Å². The largest absolute Gasteiger partial charge is 0.326 e. The quantitative estimate of drug-likeness (QED) is 0.783. The number of aryl methyl sites for hydroxylation is 1. The van der Waals surface area contributed by atoms with E-state index in [1.165, 1.54) is 11.8 Å². The van der Waals surface area contributed by atoms with Crippen molar-refractivity contribution in [1.29, 1.82) is 0 Å². The van der Waals surface area contributed by atoms with Gasteiger partial charge in [-0.2, -0.15) is 0 Å². The number of hydrogen-bond donors (Lipinski definition) is 2. The van der Waals surface area contributed by atoms with Gasteiger partial charge in [0.25, 0.3) is 0 Å². The SMILES string of the molecule is Cc1ccc(NC(=O)C[C@@H]2SC(=N[C@@H](C)c3ccccc3)NC2=O)cc1Cl. The van der Waals surface area contributed by atoms with Gasteiger partial charge >= 0.3 is 0 Å². The molecule has 1 aliphatic heterocycles. The number of halogens is 1. The van der Waals surface area contributed by atoms with E-state index in [4.69, 9.17) is 11.6 Å². The Labute approximate surface area is 167 Å². The van der Waals surface area contributed by atoms with Crippen LogP contribution in [0.5, 0.6) is 0 Å². The van der Waals surface area contributed by atoms with Crippen LogP contribution >= 0.6 is 23.4 Å². The zero-order valence-corrected chi connectivity index (χ0v) is 16.6. The van der Waals surface area contributed by atoms with E-state index in [2.05, 4.69) is 15.6 Å². The minimum absolute atomic E-state index is 0.0702. The molecule has 2 amide bonds. The Balaban J connectivity index is 1.59. The van der Waals surface area contributed by atoms with Crippen LogP contribution in [0.4, 0.5) is 5.69 Å². The Hall–Kier alpha value is -2.31. The molecular weight excluding hydrogens is 382 g/mol. The van der Waals surface area contributed by atoms with E-state index in [0.29, 0.717) is 15.9 Å². The standard InChI is InChI=1S/C20H20ClN3O2S/c1-12-8-9-15(10-16(12)21)23-18(25)11-17-19(26)24-20(27-17)22-13(2)14-6-4-3-5-7-14/h3-10,13,17H,11H2,1-2H3,(H,23,25)(H,22,24,26)/t13-,17-/m0/s1. The Morgan fingerprint density at radius 3 is 2.74 bits per heavy atom. The second-order valence-electron chi connectivity index (χ2n) is 6.33. The first kappa shape index (κ1) is 19.5. The summed E-state index contributed by atoms with van der Waals surface area (Å²) in [6.45, 7) is 3.86. The third-order valence-corrected chi connectivity index (χ3v) is 5.70. The van der Waals surface area contributed by atoms with Crippen molar-refractivity contribution in [3.63, 3.8) is 0 Å². The highest BCUT2D eigenvalue weighted by atomic mass is 35.5. The van der Waals surface area contributed by atoms with Gasteiger partial charge in [-0.05, 0) is 37.1 Å². The fourth-order valence-corrected chi connectivity index (χ4v) is 3.86. The molecule has 7 heteroatoms. The molecule has 27 heavy (non-hydrogen) atoms. The molecule has 5 nitrogen and oxygen atoms in total. The van der Waals surface area contributed by atoms with Crippen LogP contribution in [0.25, 0.3) is 0 Å². The van der Waals surface area contributed by atoms with E-state index in [9.17, 15) is 9.59 Å². The molecule has 2 aromatic carbocycles. The molecule has 2 aromatic rings. The average Bonchev–Trinajstić information content (AvgIpc) is 2.97. The van der Waals surface area contributed by atoms with Gasteiger partial charge < -0.3 is 10.6 Å².